The number of aromatic nitrogens is 2. The number of nitrogens with one attached hydrogen (secondary N) is 1. The largest absolute Gasteiger partial charge is 0.312 e. The van der Waals surface area contributed by atoms with Crippen molar-refractivity contribution in [3.05, 3.63) is 17.5 Å². The van der Waals surface area contributed by atoms with Crippen molar-refractivity contribution in [3.63, 3.8) is 0 Å². The fourth-order valence-electron chi connectivity index (χ4n) is 2.19. The first-order valence-corrected chi connectivity index (χ1v) is 5.95. The molecule has 1 unspecified atom stereocenters. The van der Waals surface area contributed by atoms with Gasteiger partial charge < -0.3 is 5.32 Å². The highest BCUT2D eigenvalue weighted by molar-refractivity contribution is 5.07. The Morgan fingerprint density at radius 1 is 1.53 bits per heavy atom. The van der Waals surface area contributed by atoms with Crippen molar-refractivity contribution in [2.75, 3.05) is 6.54 Å². The van der Waals surface area contributed by atoms with Crippen LogP contribution in [0.2, 0.25) is 0 Å². The molecule has 0 saturated heterocycles. The minimum atomic E-state index is 0.619. The van der Waals surface area contributed by atoms with E-state index >= 15 is 0 Å². The van der Waals surface area contributed by atoms with Crippen LogP contribution in [0.1, 0.15) is 31.2 Å². The Morgan fingerprint density at radius 2 is 2.27 bits per heavy atom. The summed E-state index contributed by atoms with van der Waals surface area (Å²) in [6, 6.07) is 2.77. The van der Waals surface area contributed by atoms with Crippen molar-refractivity contribution in [1.29, 1.82) is 0 Å². The van der Waals surface area contributed by atoms with E-state index in [1.165, 1.54) is 18.5 Å². The number of likely N-dealkylation sites (N-methyl/N-ethyl adjacent to an activating group) is 1. The quantitative estimate of drug-likeness (QED) is 0.799. The van der Waals surface area contributed by atoms with E-state index in [9.17, 15) is 0 Å². The van der Waals surface area contributed by atoms with E-state index in [1.54, 1.807) is 0 Å². The van der Waals surface area contributed by atoms with E-state index in [1.807, 2.05) is 0 Å². The lowest BCUT2D eigenvalue weighted by Gasteiger charge is -2.18. The maximum atomic E-state index is 4.52. The summed E-state index contributed by atoms with van der Waals surface area (Å²) in [5.41, 5.74) is 2.40. The molecule has 0 amide bonds. The number of aryl methyl sites for hydroxylation is 2. The van der Waals surface area contributed by atoms with Gasteiger partial charge >= 0.3 is 0 Å². The van der Waals surface area contributed by atoms with Gasteiger partial charge in [0.2, 0.25) is 0 Å². The van der Waals surface area contributed by atoms with Crippen LogP contribution in [-0.4, -0.2) is 22.4 Å². The lowest BCUT2D eigenvalue weighted by Crippen LogP contribution is -2.35. The number of hydrogen-bond donors (Lipinski definition) is 1. The zero-order valence-corrected chi connectivity index (χ0v) is 9.95. The predicted molar refractivity (Wildman–Crippen MR) is 61.9 cm³/mol. The van der Waals surface area contributed by atoms with Crippen LogP contribution in [0.5, 0.6) is 0 Å². The molecule has 0 radical (unpaired) electrons. The molecule has 1 aromatic rings. The van der Waals surface area contributed by atoms with Gasteiger partial charge in [-0.15, -0.1) is 0 Å². The van der Waals surface area contributed by atoms with Crippen LogP contribution in [0.3, 0.4) is 0 Å². The summed E-state index contributed by atoms with van der Waals surface area (Å²) in [6.45, 7) is 8.45. The van der Waals surface area contributed by atoms with E-state index in [0.717, 1.165) is 24.7 Å². The average Bonchev–Trinajstić information content (AvgIpc) is 2.94. The van der Waals surface area contributed by atoms with Gasteiger partial charge in [-0.3, -0.25) is 4.68 Å². The Morgan fingerprint density at radius 3 is 2.73 bits per heavy atom. The topological polar surface area (TPSA) is 29.9 Å². The van der Waals surface area contributed by atoms with Gasteiger partial charge in [0.25, 0.3) is 0 Å². The van der Waals surface area contributed by atoms with Crippen molar-refractivity contribution in [1.82, 2.24) is 15.1 Å². The molecule has 1 aliphatic rings. The minimum absolute atomic E-state index is 0.619. The molecular formula is C12H21N3. The highest BCUT2D eigenvalue weighted by Gasteiger charge is 2.31. The van der Waals surface area contributed by atoms with E-state index in [4.69, 9.17) is 0 Å². The third-order valence-electron chi connectivity index (χ3n) is 3.13. The third kappa shape index (κ3) is 2.59. The van der Waals surface area contributed by atoms with Gasteiger partial charge in [0, 0.05) is 11.7 Å². The second-order valence-corrected chi connectivity index (χ2v) is 4.61. The van der Waals surface area contributed by atoms with Crippen molar-refractivity contribution in [2.24, 2.45) is 5.92 Å². The molecule has 3 heteroatoms. The SMILES string of the molecule is CCNC(Cn1nc(C)cc1C)C1CC1. The van der Waals surface area contributed by atoms with Crippen molar-refractivity contribution < 1.29 is 0 Å². The van der Waals surface area contributed by atoms with Gasteiger partial charge in [-0.05, 0) is 45.2 Å². The first-order chi connectivity index (χ1) is 7.20. The van der Waals surface area contributed by atoms with Crippen LogP contribution in [0.25, 0.3) is 0 Å². The number of nitrogens with zero attached hydrogens (tertiary/aromatic N) is 2. The molecule has 1 aromatic heterocycles. The molecule has 1 N–H and O–H groups in total. The maximum Gasteiger partial charge on any atom is 0.0596 e. The van der Waals surface area contributed by atoms with Gasteiger partial charge in [0.15, 0.2) is 0 Å². The van der Waals surface area contributed by atoms with Crippen LogP contribution in [0, 0.1) is 19.8 Å². The first-order valence-electron chi connectivity index (χ1n) is 5.95. The fourth-order valence-corrected chi connectivity index (χ4v) is 2.19. The molecule has 0 aliphatic heterocycles. The van der Waals surface area contributed by atoms with E-state index in [0.29, 0.717) is 6.04 Å². The zero-order chi connectivity index (χ0) is 10.8. The first kappa shape index (κ1) is 10.7. The molecule has 0 bridgehead atoms. The maximum absolute atomic E-state index is 4.52. The molecule has 15 heavy (non-hydrogen) atoms. The summed E-state index contributed by atoms with van der Waals surface area (Å²) >= 11 is 0. The van der Waals surface area contributed by atoms with Gasteiger partial charge in [-0.25, -0.2) is 0 Å². The lowest BCUT2D eigenvalue weighted by molar-refractivity contribution is 0.392. The van der Waals surface area contributed by atoms with Crippen LogP contribution < -0.4 is 5.32 Å². The highest BCUT2D eigenvalue weighted by atomic mass is 15.3. The summed E-state index contributed by atoms with van der Waals surface area (Å²) in [5.74, 6) is 0.883. The van der Waals surface area contributed by atoms with E-state index < -0.39 is 0 Å². The Balaban J connectivity index is 2.01. The van der Waals surface area contributed by atoms with E-state index in [2.05, 4.69) is 41.9 Å². The molecule has 84 valence electrons. The monoisotopic (exact) mass is 207 g/mol. The molecule has 1 atom stereocenters. The summed E-state index contributed by atoms with van der Waals surface area (Å²) in [4.78, 5) is 0. The predicted octanol–water partition coefficient (Wildman–Crippen LogP) is 1.89. The summed E-state index contributed by atoms with van der Waals surface area (Å²) in [5, 5.41) is 8.09. The minimum Gasteiger partial charge on any atom is -0.312 e. The van der Waals surface area contributed by atoms with E-state index in [-0.39, 0.29) is 0 Å². The molecule has 1 saturated carbocycles. The molecule has 1 fully saturated rings. The molecule has 0 spiro atoms. The fraction of sp³-hybridized carbons (Fsp3) is 0.750. The molecule has 2 rings (SSSR count). The van der Waals surface area contributed by atoms with Crippen molar-refractivity contribution in [2.45, 2.75) is 46.2 Å². The number of hydrogen-bond acceptors (Lipinski definition) is 2. The number of rotatable bonds is 5. The van der Waals surface area contributed by atoms with Gasteiger partial charge in [-0.2, -0.15) is 5.10 Å². The smallest absolute Gasteiger partial charge is 0.0596 e. The Kier molecular flexibility index (Phi) is 3.10. The van der Waals surface area contributed by atoms with Gasteiger partial charge in [0.05, 0.1) is 12.2 Å². The zero-order valence-electron chi connectivity index (χ0n) is 9.95. The molecule has 3 nitrogen and oxygen atoms in total. The summed E-state index contributed by atoms with van der Waals surface area (Å²) in [7, 11) is 0. The second kappa shape index (κ2) is 4.35. The Bertz CT molecular complexity index is 326. The molecule has 0 aromatic carbocycles. The molecular weight excluding hydrogens is 186 g/mol. The van der Waals surface area contributed by atoms with Gasteiger partial charge in [0.1, 0.15) is 0 Å². The van der Waals surface area contributed by atoms with Crippen LogP contribution in [0.4, 0.5) is 0 Å². The van der Waals surface area contributed by atoms with Crippen LogP contribution in [-0.2, 0) is 6.54 Å². The van der Waals surface area contributed by atoms with Crippen LogP contribution in [0.15, 0.2) is 6.07 Å². The normalized spacial score (nSPS) is 18.1. The third-order valence-corrected chi connectivity index (χ3v) is 3.13. The second-order valence-electron chi connectivity index (χ2n) is 4.61. The van der Waals surface area contributed by atoms with Crippen molar-refractivity contribution in [3.8, 4) is 0 Å². The highest BCUT2D eigenvalue weighted by Crippen LogP contribution is 2.33. The summed E-state index contributed by atoms with van der Waals surface area (Å²) in [6.07, 6.45) is 2.77. The lowest BCUT2D eigenvalue weighted by atomic mass is 10.2. The Labute approximate surface area is 91.9 Å². The average molecular weight is 207 g/mol. The van der Waals surface area contributed by atoms with Crippen molar-refractivity contribution >= 4 is 0 Å². The summed E-state index contributed by atoms with van der Waals surface area (Å²) < 4.78 is 2.14. The standard InChI is InChI=1S/C12H21N3/c1-4-13-12(11-5-6-11)8-15-10(3)7-9(2)14-15/h7,11-13H,4-6,8H2,1-3H3. The van der Waals surface area contributed by atoms with Gasteiger partial charge in [-0.1, -0.05) is 6.92 Å². The Hall–Kier alpha value is -0.830. The molecule has 1 heterocycles. The molecule has 1 aliphatic carbocycles. The van der Waals surface area contributed by atoms with Crippen LogP contribution >= 0.6 is 0 Å².